The lowest BCUT2D eigenvalue weighted by Crippen LogP contribution is -2.33. The van der Waals surface area contributed by atoms with Gasteiger partial charge in [-0.15, -0.1) is 0 Å². The van der Waals surface area contributed by atoms with Gasteiger partial charge >= 0.3 is 0 Å². The normalized spacial score (nSPS) is 15.9. The van der Waals surface area contributed by atoms with Gasteiger partial charge in [-0.3, -0.25) is 9.59 Å². The number of para-hydroxylation sites is 1. The van der Waals surface area contributed by atoms with Crippen molar-refractivity contribution in [3.05, 3.63) is 29.8 Å². The molecule has 96 valence electrons. The molecule has 5 heteroatoms. The first-order valence-corrected chi connectivity index (χ1v) is 6.04. The lowest BCUT2D eigenvalue weighted by molar-refractivity contribution is -0.117. The zero-order valence-electron chi connectivity index (χ0n) is 10.3. The molecule has 0 bridgehead atoms. The van der Waals surface area contributed by atoms with Gasteiger partial charge in [0.2, 0.25) is 5.91 Å². The van der Waals surface area contributed by atoms with E-state index < -0.39 is 6.04 Å². The molecule has 1 fully saturated rings. The predicted octanol–water partition coefficient (Wildman–Crippen LogP) is 0.864. The molecule has 0 spiro atoms. The van der Waals surface area contributed by atoms with Crippen LogP contribution in [-0.2, 0) is 4.79 Å². The van der Waals surface area contributed by atoms with E-state index in [1.165, 1.54) is 0 Å². The number of nitrogens with one attached hydrogen (secondary N) is 2. The quantitative estimate of drug-likeness (QED) is 0.738. The summed E-state index contributed by atoms with van der Waals surface area (Å²) >= 11 is 0. The Kier molecular flexibility index (Phi) is 3.62. The van der Waals surface area contributed by atoms with Crippen molar-refractivity contribution >= 4 is 17.5 Å². The zero-order chi connectivity index (χ0) is 13.1. The second-order valence-electron chi connectivity index (χ2n) is 4.57. The van der Waals surface area contributed by atoms with Crippen LogP contribution in [0.15, 0.2) is 24.3 Å². The third-order valence-corrected chi connectivity index (χ3v) is 2.76. The standard InChI is InChI=1S/C13H17N3O2/c1-8(14)12(17)16-11-5-3-2-4-10(11)13(18)15-9-6-7-9/h2-5,8-9H,6-7,14H2,1H3,(H,15,18)(H,16,17)/t8-/m0/s1. The molecule has 1 atom stereocenters. The van der Waals surface area contributed by atoms with Crippen LogP contribution < -0.4 is 16.4 Å². The largest absolute Gasteiger partial charge is 0.349 e. The molecule has 0 heterocycles. The predicted molar refractivity (Wildman–Crippen MR) is 69.2 cm³/mol. The summed E-state index contributed by atoms with van der Waals surface area (Å²) in [5.74, 6) is -0.459. The van der Waals surface area contributed by atoms with E-state index in [9.17, 15) is 9.59 Å². The van der Waals surface area contributed by atoms with Crippen LogP contribution in [0.25, 0.3) is 0 Å². The van der Waals surface area contributed by atoms with Crippen LogP contribution in [-0.4, -0.2) is 23.9 Å². The van der Waals surface area contributed by atoms with Gasteiger partial charge in [0.25, 0.3) is 5.91 Å². The average molecular weight is 247 g/mol. The Morgan fingerprint density at radius 1 is 1.33 bits per heavy atom. The second-order valence-corrected chi connectivity index (χ2v) is 4.57. The highest BCUT2D eigenvalue weighted by molar-refractivity contribution is 6.04. The number of nitrogens with two attached hydrogens (primary N) is 1. The summed E-state index contributed by atoms with van der Waals surface area (Å²) in [6.45, 7) is 1.60. The van der Waals surface area contributed by atoms with Crippen molar-refractivity contribution in [1.29, 1.82) is 0 Å². The van der Waals surface area contributed by atoms with Crippen molar-refractivity contribution in [2.24, 2.45) is 5.73 Å². The highest BCUT2D eigenvalue weighted by atomic mass is 16.2. The number of hydrogen-bond donors (Lipinski definition) is 3. The van der Waals surface area contributed by atoms with Gasteiger partial charge in [-0.1, -0.05) is 12.1 Å². The molecule has 4 N–H and O–H groups in total. The first-order valence-electron chi connectivity index (χ1n) is 6.04. The number of carbonyl (C=O) groups is 2. The minimum atomic E-state index is -0.607. The van der Waals surface area contributed by atoms with Gasteiger partial charge in [-0.05, 0) is 31.9 Å². The molecule has 1 saturated carbocycles. The van der Waals surface area contributed by atoms with E-state index >= 15 is 0 Å². The maximum absolute atomic E-state index is 12.0. The maximum Gasteiger partial charge on any atom is 0.253 e. The molecule has 1 aromatic carbocycles. The van der Waals surface area contributed by atoms with Crippen LogP contribution >= 0.6 is 0 Å². The Morgan fingerprint density at radius 3 is 2.61 bits per heavy atom. The molecule has 18 heavy (non-hydrogen) atoms. The Labute approximate surface area is 106 Å². The van der Waals surface area contributed by atoms with E-state index in [1.807, 2.05) is 0 Å². The van der Waals surface area contributed by atoms with Gasteiger partial charge in [0, 0.05) is 6.04 Å². The van der Waals surface area contributed by atoms with Crippen molar-refractivity contribution in [3.8, 4) is 0 Å². The van der Waals surface area contributed by atoms with E-state index in [1.54, 1.807) is 31.2 Å². The summed E-state index contributed by atoms with van der Waals surface area (Å²) in [4.78, 5) is 23.5. The first kappa shape index (κ1) is 12.6. The molecular formula is C13H17N3O2. The summed E-state index contributed by atoms with van der Waals surface area (Å²) in [5, 5.41) is 5.55. The second kappa shape index (κ2) is 5.18. The number of amides is 2. The van der Waals surface area contributed by atoms with Gasteiger partial charge < -0.3 is 16.4 Å². The Morgan fingerprint density at radius 2 is 2.00 bits per heavy atom. The smallest absolute Gasteiger partial charge is 0.253 e. The Hall–Kier alpha value is -1.88. The van der Waals surface area contributed by atoms with Gasteiger partial charge in [0.1, 0.15) is 0 Å². The number of rotatable bonds is 4. The van der Waals surface area contributed by atoms with Crippen LogP contribution in [0.5, 0.6) is 0 Å². The molecule has 1 aliphatic carbocycles. The lowest BCUT2D eigenvalue weighted by Gasteiger charge is -2.12. The van der Waals surface area contributed by atoms with E-state index in [0.29, 0.717) is 11.3 Å². The summed E-state index contributed by atoms with van der Waals surface area (Å²) in [6, 6.07) is 6.60. The molecule has 1 aromatic rings. The third kappa shape index (κ3) is 3.07. The third-order valence-electron chi connectivity index (χ3n) is 2.76. The number of anilines is 1. The minimum Gasteiger partial charge on any atom is -0.349 e. The highest BCUT2D eigenvalue weighted by Gasteiger charge is 2.25. The summed E-state index contributed by atoms with van der Waals surface area (Å²) in [7, 11) is 0. The van der Waals surface area contributed by atoms with E-state index in [2.05, 4.69) is 10.6 Å². The molecule has 0 unspecified atom stereocenters. The van der Waals surface area contributed by atoms with Crippen LogP contribution in [0.2, 0.25) is 0 Å². The SMILES string of the molecule is C[C@H](N)C(=O)Nc1ccccc1C(=O)NC1CC1. The fourth-order valence-corrected chi connectivity index (χ4v) is 1.53. The van der Waals surface area contributed by atoms with Crippen molar-refractivity contribution < 1.29 is 9.59 Å². The molecule has 2 amide bonds. The molecule has 5 nitrogen and oxygen atoms in total. The van der Waals surface area contributed by atoms with E-state index in [4.69, 9.17) is 5.73 Å². The molecular weight excluding hydrogens is 230 g/mol. The molecule has 2 rings (SSSR count). The average Bonchev–Trinajstić information content (AvgIpc) is 3.13. The lowest BCUT2D eigenvalue weighted by atomic mass is 10.1. The molecule has 0 saturated heterocycles. The fourth-order valence-electron chi connectivity index (χ4n) is 1.53. The van der Waals surface area contributed by atoms with Crippen molar-refractivity contribution in [1.82, 2.24) is 5.32 Å². The summed E-state index contributed by atoms with van der Waals surface area (Å²) < 4.78 is 0. The van der Waals surface area contributed by atoms with Crippen LogP contribution in [0.4, 0.5) is 5.69 Å². The van der Waals surface area contributed by atoms with Crippen molar-refractivity contribution in [3.63, 3.8) is 0 Å². The van der Waals surface area contributed by atoms with Crippen LogP contribution in [0.1, 0.15) is 30.1 Å². The van der Waals surface area contributed by atoms with Gasteiger partial charge in [0.05, 0.1) is 17.3 Å². The van der Waals surface area contributed by atoms with Gasteiger partial charge in [-0.25, -0.2) is 0 Å². The number of hydrogen-bond acceptors (Lipinski definition) is 3. The molecule has 0 aliphatic heterocycles. The van der Waals surface area contributed by atoms with E-state index in [-0.39, 0.29) is 17.9 Å². The zero-order valence-corrected chi connectivity index (χ0v) is 10.3. The fraction of sp³-hybridized carbons (Fsp3) is 0.385. The summed E-state index contributed by atoms with van der Waals surface area (Å²) in [6.07, 6.45) is 2.06. The van der Waals surface area contributed by atoms with Crippen molar-refractivity contribution in [2.45, 2.75) is 31.8 Å². The monoisotopic (exact) mass is 247 g/mol. The maximum atomic E-state index is 12.0. The molecule has 0 radical (unpaired) electrons. The number of benzene rings is 1. The van der Waals surface area contributed by atoms with Crippen LogP contribution in [0.3, 0.4) is 0 Å². The van der Waals surface area contributed by atoms with Crippen LogP contribution in [0, 0.1) is 0 Å². The topological polar surface area (TPSA) is 84.2 Å². The highest BCUT2D eigenvalue weighted by Crippen LogP contribution is 2.21. The Balaban J connectivity index is 2.13. The minimum absolute atomic E-state index is 0.155. The first-order chi connectivity index (χ1) is 8.58. The number of carbonyl (C=O) groups excluding carboxylic acids is 2. The van der Waals surface area contributed by atoms with Gasteiger partial charge in [-0.2, -0.15) is 0 Å². The van der Waals surface area contributed by atoms with Gasteiger partial charge in [0.15, 0.2) is 0 Å². The van der Waals surface area contributed by atoms with E-state index in [0.717, 1.165) is 12.8 Å². The van der Waals surface area contributed by atoms with Crippen molar-refractivity contribution in [2.75, 3.05) is 5.32 Å². The molecule has 0 aromatic heterocycles. The Bertz CT molecular complexity index is 467. The summed E-state index contributed by atoms with van der Waals surface area (Å²) in [5.41, 5.74) is 6.46. The molecule has 1 aliphatic rings.